The molecule has 0 aliphatic carbocycles. The molecule has 0 saturated carbocycles. The summed E-state index contributed by atoms with van der Waals surface area (Å²) >= 11 is 12.5. The molecule has 90 heavy (non-hydrogen) atoms. The summed E-state index contributed by atoms with van der Waals surface area (Å²) in [6.45, 7) is 0. The van der Waals surface area contributed by atoms with Crippen LogP contribution < -0.4 is 150 Å². The van der Waals surface area contributed by atoms with Crippen molar-refractivity contribution in [1.82, 2.24) is 29.9 Å². The molecule has 0 spiro atoms. The van der Waals surface area contributed by atoms with Gasteiger partial charge in [0.15, 0.2) is 0 Å². The molecule has 9 aromatic rings. The van der Waals surface area contributed by atoms with Crippen LogP contribution >= 0.6 is 23.2 Å². The third kappa shape index (κ3) is 17.9. The Balaban J connectivity index is 0.00000368. The van der Waals surface area contributed by atoms with E-state index in [9.17, 15) is 88.0 Å². The summed E-state index contributed by atoms with van der Waals surface area (Å²) < 4.78 is 212. The molecular formula is C44H26Cl2N14Na4O20S6. The minimum atomic E-state index is -5.44. The monoisotopic (exact) mass is 1420 g/mol. The number of azo groups is 2. The van der Waals surface area contributed by atoms with E-state index in [0.717, 1.165) is 24.3 Å². The van der Waals surface area contributed by atoms with E-state index in [0.29, 0.717) is 36.4 Å². The molecule has 446 valence electrons. The molecule has 46 heteroatoms. The van der Waals surface area contributed by atoms with Crippen LogP contribution in [0.3, 0.4) is 0 Å². The maximum absolute atomic E-state index is 14.1. The molecule has 0 fully saturated rings. The van der Waals surface area contributed by atoms with Gasteiger partial charge in [-0.3, -0.25) is 28.2 Å². The average Bonchev–Trinajstić information content (AvgIpc) is 0.955. The number of nitrogens with one attached hydrogen (secondary N) is 4. The maximum atomic E-state index is 14.1. The maximum Gasteiger partial charge on any atom is 1.00 e. The zero-order valence-electron chi connectivity index (χ0n) is 45.4. The molecule has 0 bridgehead atoms. The van der Waals surface area contributed by atoms with Gasteiger partial charge in [-0.1, -0.05) is 35.8 Å². The van der Waals surface area contributed by atoms with Crippen LogP contribution in [-0.4, -0.2) is 108 Å². The van der Waals surface area contributed by atoms with Gasteiger partial charge in [-0.2, -0.15) is 53.6 Å². The zero-order chi connectivity index (χ0) is 62.6. The summed E-state index contributed by atoms with van der Waals surface area (Å²) in [4.78, 5) is 23.2. The molecule has 9 rings (SSSR count). The fourth-order valence-corrected chi connectivity index (χ4v) is 11.6. The Kier molecular flexibility index (Phi) is 24.6. The van der Waals surface area contributed by atoms with Gasteiger partial charge in [0, 0.05) is 22.1 Å². The Labute approximate surface area is 604 Å². The summed E-state index contributed by atoms with van der Waals surface area (Å²) in [5, 5.41) is 44.8. The number of H-pyrrole nitrogens is 2. The SMILES string of the molecule is O=S(=O)([O-])c1cc(N=c2nc(Nc3ccc(Nc4nc(Cl)[nH]c(=Nc5cc(S(=O)(=O)[O-])cc6cc(S(=O)(=O)O)c(N=Nc7ccccc7S(=O)(=O)O)c([O-])c56)n4)cc3)nc(Cl)[nH]2)c2c([O-])c(N=Nc3ccccc3S(=O)(=O)O)c(S(=O)(=O)O)cc2c1.[Na+].[Na+].[Na+].[Na+]. The first kappa shape index (κ1) is 75.8. The number of benzene rings is 7. The van der Waals surface area contributed by atoms with Gasteiger partial charge in [-0.15, -0.1) is 20.5 Å². The normalized spacial score (nSPS) is 12.8. The Bertz CT molecular complexity index is 5010. The molecule has 2 heterocycles. The molecule has 0 atom stereocenters. The number of anilines is 4. The van der Waals surface area contributed by atoms with Gasteiger partial charge in [-0.25, -0.2) is 26.8 Å². The first-order valence-electron chi connectivity index (χ1n) is 22.5. The van der Waals surface area contributed by atoms with E-state index >= 15 is 0 Å². The van der Waals surface area contributed by atoms with Crippen molar-refractivity contribution in [2.75, 3.05) is 10.6 Å². The Morgan fingerprint density at radius 2 is 0.744 bits per heavy atom. The summed E-state index contributed by atoms with van der Waals surface area (Å²) in [5.74, 6) is -3.54. The van der Waals surface area contributed by atoms with Gasteiger partial charge in [0.05, 0.1) is 32.5 Å². The van der Waals surface area contributed by atoms with Crippen LogP contribution in [-0.2, 0) is 60.7 Å². The van der Waals surface area contributed by atoms with Crippen LogP contribution in [0.2, 0.25) is 10.6 Å². The summed E-state index contributed by atoms with van der Waals surface area (Å²) in [7, 11) is -31.6. The molecule has 0 saturated heterocycles. The predicted octanol–water partition coefficient (Wildman–Crippen LogP) is -6.72. The largest absolute Gasteiger partial charge is 1.00 e. The van der Waals surface area contributed by atoms with Crippen LogP contribution in [0.5, 0.6) is 11.5 Å². The molecule has 0 aliphatic heterocycles. The fraction of sp³-hybridized carbons (Fsp3) is 0. The van der Waals surface area contributed by atoms with Gasteiger partial charge in [0.2, 0.25) is 33.7 Å². The second-order valence-electron chi connectivity index (χ2n) is 17.0. The van der Waals surface area contributed by atoms with E-state index in [-0.39, 0.29) is 142 Å². The second-order valence-corrected chi connectivity index (χ2v) is 26.0. The first-order chi connectivity index (χ1) is 40.0. The molecule has 8 N–H and O–H groups in total. The molecular weight excluding hydrogens is 1400 g/mol. The summed E-state index contributed by atoms with van der Waals surface area (Å²) in [5.41, 5.74) is -5.63. The smallest absolute Gasteiger partial charge is 0.870 e. The fourth-order valence-electron chi connectivity index (χ4n) is 7.69. The topological polar surface area (TPSA) is 559 Å². The third-order valence-corrected chi connectivity index (χ3v) is 16.7. The minimum Gasteiger partial charge on any atom is -0.870 e. The molecule has 7 aromatic carbocycles. The molecule has 2 aromatic heterocycles. The van der Waals surface area contributed by atoms with E-state index in [2.05, 4.69) is 71.0 Å². The average molecular weight is 1430 g/mol. The van der Waals surface area contributed by atoms with Crippen LogP contribution in [0.4, 0.5) is 57.4 Å². The number of aromatic amines is 2. The van der Waals surface area contributed by atoms with Gasteiger partial charge in [0.1, 0.15) is 51.2 Å². The Morgan fingerprint density at radius 1 is 0.422 bits per heavy atom. The van der Waals surface area contributed by atoms with E-state index < -0.39 is 179 Å². The summed E-state index contributed by atoms with van der Waals surface area (Å²) in [6, 6.07) is 17.8. The number of aromatic nitrogens is 6. The summed E-state index contributed by atoms with van der Waals surface area (Å²) in [6.07, 6.45) is 0. The zero-order valence-corrected chi connectivity index (χ0v) is 59.8. The Hall–Kier alpha value is -4.88. The van der Waals surface area contributed by atoms with Crippen molar-refractivity contribution < 1.29 is 206 Å². The third-order valence-electron chi connectivity index (χ3n) is 11.2. The van der Waals surface area contributed by atoms with Gasteiger partial charge < -0.3 is 30.0 Å². The number of hydrogen-bond acceptors (Lipinski definition) is 28. The standard InChI is InChI=1S/C44H30Cl2N14O20S6.4Na/c45-39-51-41(55-43(53-39)49-27-17-23(81(63,64)65)13-19-15-31(85(75,76)77)35(37(61)33(19)27)59-57-25-5-1-3-7-29(25)83(69,70)71)47-21-9-11-22(12-10-21)48-42-52-40(46)54-44(56-42)50-28-18-24(82(66,67)68)14-20-16-32(86(78,79)80)36(38(62)34(20)28)60-58-26-6-2-4-8-30(26)84(72,73)74;;;;/h1-18,61-62H,(H,63,64,65)(H,66,67,68)(H,69,70,71)(H,72,73,74)(H,75,76,77)(H,78,79,80)(H2,47,49,51,53,55)(H2,48,50,52,54,56);;;;/q;4*+1/p-4. The first-order valence-corrected chi connectivity index (χ1v) is 31.8. The van der Waals surface area contributed by atoms with Crippen LogP contribution in [0.25, 0.3) is 21.5 Å². The van der Waals surface area contributed by atoms with Gasteiger partial charge in [-0.05, 0) is 119 Å². The van der Waals surface area contributed by atoms with E-state index in [1.54, 1.807) is 0 Å². The predicted molar refractivity (Wildman–Crippen MR) is 289 cm³/mol. The van der Waals surface area contributed by atoms with Crippen LogP contribution in [0.15, 0.2) is 169 Å². The van der Waals surface area contributed by atoms with Crippen molar-refractivity contribution in [3.63, 3.8) is 0 Å². The van der Waals surface area contributed by atoms with Crippen molar-refractivity contribution >= 4 is 163 Å². The number of hydrogen-bond donors (Lipinski definition) is 8. The van der Waals surface area contributed by atoms with Crippen molar-refractivity contribution in [1.29, 1.82) is 0 Å². The van der Waals surface area contributed by atoms with Gasteiger partial charge in [0.25, 0.3) is 40.5 Å². The van der Waals surface area contributed by atoms with E-state index in [1.807, 2.05) is 0 Å². The molecule has 0 unspecified atom stereocenters. The van der Waals surface area contributed by atoms with Crippen molar-refractivity contribution in [2.24, 2.45) is 30.4 Å². The van der Waals surface area contributed by atoms with Crippen molar-refractivity contribution in [2.45, 2.75) is 29.4 Å². The van der Waals surface area contributed by atoms with Gasteiger partial charge >= 0.3 is 118 Å². The van der Waals surface area contributed by atoms with E-state index in [1.165, 1.54) is 48.5 Å². The molecule has 0 aliphatic rings. The number of nitrogens with zero attached hydrogens (tertiary/aromatic N) is 10. The number of halogens is 2. The minimum absolute atomic E-state index is 0. The number of rotatable bonds is 16. The van der Waals surface area contributed by atoms with E-state index in [4.69, 9.17) is 23.2 Å². The van der Waals surface area contributed by atoms with Crippen LogP contribution in [0, 0.1) is 0 Å². The van der Waals surface area contributed by atoms with Crippen LogP contribution in [0.1, 0.15) is 0 Å². The Morgan fingerprint density at radius 3 is 1.06 bits per heavy atom. The molecule has 0 radical (unpaired) electrons. The quantitative estimate of drug-likeness (QED) is 0.0253. The second kappa shape index (κ2) is 29.2. The number of fused-ring (bicyclic) bond motifs is 2. The molecule has 0 amide bonds. The molecule has 34 nitrogen and oxygen atoms in total. The van der Waals surface area contributed by atoms with Crippen molar-refractivity contribution in [3.8, 4) is 11.5 Å². The van der Waals surface area contributed by atoms with Crippen molar-refractivity contribution in [3.05, 3.63) is 131 Å².